The summed E-state index contributed by atoms with van der Waals surface area (Å²) < 4.78 is 0. The average Bonchev–Trinajstić information content (AvgIpc) is 2.70. The number of aliphatic carboxylic acids is 2. The molecular formula is C19H25N5O8. The fraction of sp³-hybridized carbons (Fsp3) is 0.368. The molecule has 1 aromatic carbocycles. The van der Waals surface area contributed by atoms with Crippen molar-refractivity contribution in [2.24, 2.45) is 11.5 Å². The van der Waals surface area contributed by atoms with Gasteiger partial charge in [-0.15, -0.1) is 0 Å². The standard InChI is InChI=1S/C19H25N5O8/c20-11(7-16(27)28)17(29)22-9-15(26)23-12(6-10-4-2-1-3-5-10)18(30)24-13(19(31)32)8-14(21)25/h1-5,11-13H,6-9,20H2,(H2,21,25)(H,22,29)(H,23,26)(H,24,30)(H,27,28)(H,31,32). The summed E-state index contributed by atoms with van der Waals surface area (Å²) in [5.74, 6) is -6.29. The summed E-state index contributed by atoms with van der Waals surface area (Å²) >= 11 is 0. The van der Waals surface area contributed by atoms with Crippen LogP contribution in [0.4, 0.5) is 0 Å². The lowest BCUT2D eigenvalue weighted by atomic mass is 10.0. The maximum atomic E-state index is 12.6. The predicted octanol–water partition coefficient (Wildman–Crippen LogP) is -2.92. The number of nitrogens with one attached hydrogen (secondary N) is 3. The van der Waals surface area contributed by atoms with Crippen LogP contribution in [0.2, 0.25) is 0 Å². The van der Waals surface area contributed by atoms with E-state index in [1.807, 2.05) is 0 Å². The summed E-state index contributed by atoms with van der Waals surface area (Å²) in [5, 5.41) is 24.5. The molecule has 13 heteroatoms. The molecule has 0 bridgehead atoms. The highest BCUT2D eigenvalue weighted by Gasteiger charge is 2.28. The van der Waals surface area contributed by atoms with Crippen molar-refractivity contribution >= 4 is 35.6 Å². The second kappa shape index (κ2) is 12.6. The van der Waals surface area contributed by atoms with E-state index in [0.29, 0.717) is 5.56 Å². The Kier molecular flexibility index (Phi) is 10.3. The molecule has 0 aromatic heterocycles. The fourth-order valence-corrected chi connectivity index (χ4v) is 2.56. The normalized spacial score (nSPS) is 13.2. The first-order valence-electron chi connectivity index (χ1n) is 9.39. The van der Waals surface area contributed by atoms with E-state index in [4.69, 9.17) is 16.6 Å². The van der Waals surface area contributed by atoms with E-state index in [2.05, 4.69) is 16.0 Å². The Hall–Kier alpha value is -4.00. The summed E-state index contributed by atoms with van der Waals surface area (Å²) in [6.45, 7) is -0.603. The molecule has 0 fully saturated rings. The van der Waals surface area contributed by atoms with Crippen molar-refractivity contribution in [3.63, 3.8) is 0 Å². The SMILES string of the molecule is NC(=O)CC(NC(=O)C(Cc1ccccc1)NC(=O)CNC(=O)C(N)CC(=O)O)C(=O)O. The van der Waals surface area contributed by atoms with Crippen LogP contribution in [0.25, 0.3) is 0 Å². The summed E-state index contributed by atoms with van der Waals surface area (Å²) in [4.78, 5) is 69.6. The van der Waals surface area contributed by atoms with Gasteiger partial charge in [0.05, 0.1) is 25.4 Å². The van der Waals surface area contributed by atoms with Gasteiger partial charge in [0.25, 0.3) is 0 Å². The second-order valence-corrected chi connectivity index (χ2v) is 6.80. The number of amides is 4. The van der Waals surface area contributed by atoms with Crippen molar-refractivity contribution in [2.45, 2.75) is 37.4 Å². The van der Waals surface area contributed by atoms with Gasteiger partial charge >= 0.3 is 11.9 Å². The van der Waals surface area contributed by atoms with Crippen molar-refractivity contribution in [3.8, 4) is 0 Å². The lowest BCUT2D eigenvalue weighted by molar-refractivity contribution is -0.143. The van der Waals surface area contributed by atoms with Crippen LogP contribution in [0, 0.1) is 0 Å². The number of hydrogen-bond donors (Lipinski definition) is 7. The number of nitrogens with two attached hydrogens (primary N) is 2. The number of benzene rings is 1. The molecule has 32 heavy (non-hydrogen) atoms. The molecule has 174 valence electrons. The molecular weight excluding hydrogens is 426 g/mol. The Morgan fingerprint density at radius 2 is 1.50 bits per heavy atom. The minimum atomic E-state index is -1.59. The lowest BCUT2D eigenvalue weighted by Crippen LogP contribution is -2.55. The molecule has 1 rings (SSSR count). The minimum absolute atomic E-state index is 0.0200. The van der Waals surface area contributed by atoms with Gasteiger partial charge < -0.3 is 37.6 Å². The molecule has 0 aliphatic carbocycles. The third kappa shape index (κ3) is 9.67. The van der Waals surface area contributed by atoms with Crippen molar-refractivity contribution in [1.29, 1.82) is 0 Å². The van der Waals surface area contributed by atoms with E-state index < -0.39 is 73.1 Å². The smallest absolute Gasteiger partial charge is 0.326 e. The van der Waals surface area contributed by atoms with Crippen LogP contribution in [0.3, 0.4) is 0 Å². The summed E-state index contributed by atoms with van der Waals surface area (Å²) in [6, 6.07) is 4.28. The molecule has 3 unspecified atom stereocenters. The maximum absolute atomic E-state index is 12.6. The second-order valence-electron chi connectivity index (χ2n) is 6.80. The quantitative estimate of drug-likeness (QED) is 0.162. The largest absolute Gasteiger partial charge is 0.481 e. The van der Waals surface area contributed by atoms with Crippen molar-refractivity contribution in [3.05, 3.63) is 35.9 Å². The number of carboxylic acid groups (broad SMARTS) is 2. The van der Waals surface area contributed by atoms with Gasteiger partial charge in [-0.1, -0.05) is 30.3 Å². The Bertz CT molecular complexity index is 861. The van der Waals surface area contributed by atoms with Gasteiger partial charge in [-0.3, -0.25) is 24.0 Å². The van der Waals surface area contributed by atoms with E-state index in [-0.39, 0.29) is 6.42 Å². The number of primary amides is 1. The molecule has 0 saturated carbocycles. The number of carbonyl (C=O) groups is 6. The van der Waals surface area contributed by atoms with E-state index in [1.54, 1.807) is 30.3 Å². The highest BCUT2D eigenvalue weighted by atomic mass is 16.4. The van der Waals surface area contributed by atoms with Gasteiger partial charge in [0, 0.05) is 6.42 Å². The van der Waals surface area contributed by atoms with Gasteiger partial charge in [-0.25, -0.2) is 4.79 Å². The highest BCUT2D eigenvalue weighted by molar-refractivity contribution is 5.94. The third-order valence-electron chi connectivity index (χ3n) is 4.11. The van der Waals surface area contributed by atoms with Crippen LogP contribution < -0.4 is 27.4 Å². The molecule has 0 heterocycles. The first kappa shape index (κ1) is 26.0. The summed E-state index contributed by atoms with van der Waals surface area (Å²) in [5.41, 5.74) is 11.0. The predicted molar refractivity (Wildman–Crippen MR) is 109 cm³/mol. The first-order chi connectivity index (χ1) is 15.0. The molecule has 1 aromatic rings. The Balaban J connectivity index is 2.84. The Labute approximate surface area is 182 Å². The van der Waals surface area contributed by atoms with E-state index >= 15 is 0 Å². The van der Waals surface area contributed by atoms with E-state index in [9.17, 15) is 33.9 Å². The highest BCUT2D eigenvalue weighted by Crippen LogP contribution is 2.05. The average molecular weight is 451 g/mol. The number of carbonyl (C=O) groups excluding carboxylic acids is 4. The van der Waals surface area contributed by atoms with Gasteiger partial charge in [-0.05, 0) is 5.56 Å². The third-order valence-corrected chi connectivity index (χ3v) is 4.11. The molecule has 13 nitrogen and oxygen atoms in total. The van der Waals surface area contributed by atoms with E-state index in [0.717, 1.165) is 0 Å². The number of hydrogen-bond acceptors (Lipinski definition) is 7. The lowest BCUT2D eigenvalue weighted by Gasteiger charge is -2.21. The maximum Gasteiger partial charge on any atom is 0.326 e. The van der Waals surface area contributed by atoms with Gasteiger partial charge in [0.2, 0.25) is 23.6 Å². The molecule has 4 amide bonds. The van der Waals surface area contributed by atoms with Gasteiger partial charge in [0.15, 0.2) is 0 Å². The van der Waals surface area contributed by atoms with Crippen molar-refractivity contribution < 1.29 is 39.0 Å². The molecule has 0 aliphatic heterocycles. The zero-order valence-corrected chi connectivity index (χ0v) is 16.9. The molecule has 3 atom stereocenters. The van der Waals surface area contributed by atoms with Gasteiger partial charge in [0.1, 0.15) is 12.1 Å². The Morgan fingerprint density at radius 3 is 2.03 bits per heavy atom. The van der Waals surface area contributed by atoms with Crippen LogP contribution in [0.1, 0.15) is 18.4 Å². The van der Waals surface area contributed by atoms with Crippen LogP contribution >= 0.6 is 0 Å². The molecule has 0 radical (unpaired) electrons. The minimum Gasteiger partial charge on any atom is -0.481 e. The van der Waals surface area contributed by atoms with Crippen molar-refractivity contribution in [1.82, 2.24) is 16.0 Å². The fourth-order valence-electron chi connectivity index (χ4n) is 2.56. The van der Waals surface area contributed by atoms with Crippen LogP contribution in [0.5, 0.6) is 0 Å². The van der Waals surface area contributed by atoms with Gasteiger partial charge in [-0.2, -0.15) is 0 Å². The zero-order chi connectivity index (χ0) is 24.3. The zero-order valence-electron chi connectivity index (χ0n) is 16.9. The van der Waals surface area contributed by atoms with E-state index in [1.165, 1.54) is 0 Å². The monoisotopic (exact) mass is 451 g/mol. The molecule has 0 spiro atoms. The van der Waals surface area contributed by atoms with Crippen LogP contribution in [-0.2, 0) is 35.2 Å². The molecule has 9 N–H and O–H groups in total. The molecule has 0 saturated heterocycles. The number of rotatable bonds is 13. The van der Waals surface area contributed by atoms with Crippen LogP contribution in [-0.4, -0.2) is 70.5 Å². The van der Waals surface area contributed by atoms with Crippen molar-refractivity contribution in [2.75, 3.05) is 6.54 Å². The van der Waals surface area contributed by atoms with Crippen LogP contribution in [0.15, 0.2) is 30.3 Å². The Morgan fingerprint density at radius 1 is 0.875 bits per heavy atom. The summed E-state index contributed by atoms with van der Waals surface area (Å²) in [7, 11) is 0. The first-order valence-corrected chi connectivity index (χ1v) is 9.39. The molecule has 0 aliphatic rings. The summed E-state index contributed by atoms with van der Waals surface area (Å²) in [6.07, 6.45) is -1.30. The number of carboxylic acids is 2. The topological polar surface area (TPSA) is 231 Å².